The topological polar surface area (TPSA) is 27.3 Å². The number of thiocarbonyl (C=S) groups is 1. The lowest BCUT2D eigenvalue weighted by molar-refractivity contribution is 0.219. The second kappa shape index (κ2) is 9.91. The normalized spacial score (nSPS) is 12.1. The molecule has 5 heteroatoms. The van der Waals surface area contributed by atoms with Crippen LogP contribution >= 0.6 is 23.8 Å². The summed E-state index contributed by atoms with van der Waals surface area (Å²) in [4.78, 5) is 2.43. The molecule has 1 atom stereocenters. The zero-order chi connectivity index (χ0) is 19.1. The van der Waals surface area contributed by atoms with E-state index in [2.05, 4.69) is 59.7 Å². The van der Waals surface area contributed by atoms with Crippen LogP contribution in [0.5, 0.6) is 0 Å². The molecule has 0 aliphatic heterocycles. The summed E-state index contributed by atoms with van der Waals surface area (Å²) in [6, 6.07) is 14.9. The van der Waals surface area contributed by atoms with Crippen LogP contribution in [0, 0.1) is 13.8 Å². The summed E-state index contributed by atoms with van der Waals surface area (Å²) in [5, 5.41) is 7.90. The van der Waals surface area contributed by atoms with E-state index in [0.29, 0.717) is 10.1 Å². The van der Waals surface area contributed by atoms with Crippen LogP contribution in [0.3, 0.4) is 0 Å². The Bertz CT molecular complexity index is 706. The molecule has 2 aromatic carbocycles. The number of hydrogen-bond acceptors (Lipinski definition) is 2. The largest absolute Gasteiger partial charge is 0.361 e. The highest BCUT2D eigenvalue weighted by atomic mass is 35.5. The van der Waals surface area contributed by atoms with Gasteiger partial charge in [0.1, 0.15) is 0 Å². The number of aryl methyl sites for hydroxylation is 2. The Morgan fingerprint density at radius 1 is 1.12 bits per heavy atom. The number of benzene rings is 2. The van der Waals surface area contributed by atoms with Crippen LogP contribution in [-0.4, -0.2) is 29.6 Å². The van der Waals surface area contributed by atoms with Crippen molar-refractivity contribution in [3.05, 3.63) is 64.2 Å². The summed E-state index contributed by atoms with van der Waals surface area (Å²) in [5.74, 6) is 0. The van der Waals surface area contributed by atoms with Crippen molar-refractivity contribution in [1.82, 2.24) is 10.2 Å². The number of rotatable bonds is 7. The molecule has 2 aromatic rings. The van der Waals surface area contributed by atoms with Crippen molar-refractivity contribution in [1.29, 1.82) is 0 Å². The fourth-order valence-electron chi connectivity index (χ4n) is 3.22. The SMILES string of the molecule is CCN(CC)[C@H](CNC(=S)Nc1c(C)cc(C)cc1Cl)c1ccccc1. The smallest absolute Gasteiger partial charge is 0.170 e. The highest BCUT2D eigenvalue weighted by molar-refractivity contribution is 7.80. The molecule has 0 aliphatic rings. The van der Waals surface area contributed by atoms with Crippen LogP contribution in [0.25, 0.3) is 0 Å². The molecule has 0 aliphatic carbocycles. The Kier molecular flexibility index (Phi) is 7.88. The first-order chi connectivity index (χ1) is 12.5. The molecular formula is C21H28ClN3S. The molecule has 2 N–H and O–H groups in total. The van der Waals surface area contributed by atoms with E-state index in [9.17, 15) is 0 Å². The number of anilines is 1. The molecule has 0 bridgehead atoms. The molecule has 0 aromatic heterocycles. The van der Waals surface area contributed by atoms with Gasteiger partial charge < -0.3 is 10.6 Å². The monoisotopic (exact) mass is 389 g/mol. The van der Waals surface area contributed by atoms with Gasteiger partial charge in [-0.25, -0.2) is 0 Å². The maximum Gasteiger partial charge on any atom is 0.170 e. The zero-order valence-corrected chi connectivity index (χ0v) is 17.5. The molecule has 0 spiro atoms. The molecule has 26 heavy (non-hydrogen) atoms. The van der Waals surface area contributed by atoms with Gasteiger partial charge in [0.2, 0.25) is 0 Å². The molecule has 2 rings (SSSR count). The molecule has 140 valence electrons. The van der Waals surface area contributed by atoms with Gasteiger partial charge in [0.15, 0.2) is 5.11 Å². The third-order valence-corrected chi connectivity index (χ3v) is 5.11. The molecular weight excluding hydrogens is 362 g/mol. The first kappa shape index (κ1) is 20.7. The standard InChI is InChI=1S/C21H28ClN3S/c1-5-25(6-2)19(17-10-8-7-9-11-17)14-23-21(26)24-20-16(4)12-15(3)13-18(20)22/h7-13,19H,5-6,14H2,1-4H3,(H2,23,24,26)/t19-/m1/s1. The van der Waals surface area contributed by atoms with Gasteiger partial charge in [0, 0.05) is 6.54 Å². The molecule has 0 saturated heterocycles. The number of likely N-dealkylation sites (N-methyl/N-ethyl adjacent to an activating group) is 1. The number of nitrogens with zero attached hydrogens (tertiary/aromatic N) is 1. The van der Waals surface area contributed by atoms with E-state index in [4.69, 9.17) is 23.8 Å². The fraction of sp³-hybridized carbons (Fsp3) is 0.381. The third kappa shape index (κ3) is 5.44. The predicted octanol–water partition coefficient (Wildman–Crippen LogP) is 5.33. The second-order valence-corrected chi connectivity index (χ2v) is 7.24. The van der Waals surface area contributed by atoms with Crippen molar-refractivity contribution in [2.75, 3.05) is 25.0 Å². The maximum atomic E-state index is 6.37. The van der Waals surface area contributed by atoms with Gasteiger partial charge in [-0.2, -0.15) is 0 Å². The summed E-state index contributed by atoms with van der Waals surface area (Å²) in [5.41, 5.74) is 4.38. The second-order valence-electron chi connectivity index (χ2n) is 6.42. The highest BCUT2D eigenvalue weighted by Gasteiger charge is 2.18. The highest BCUT2D eigenvalue weighted by Crippen LogP contribution is 2.27. The Hall–Kier alpha value is -1.62. The van der Waals surface area contributed by atoms with Crippen molar-refractivity contribution in [3.63, 3.8) is 0 Å². The molecule has 0 amide bonds. The first-order valence-electron chi connectivity index (χ1n) is 9.06. The van der Waals surface area contributed by atoms with Gasteiger partial charge in [0.25, 0.3) is 0 Å². The first-order valence-corrected chi connectivity index (χ1v) is 9.85. The molecule has 0 heterocycles. The lowest BCUT2D eigenvalue weighted by Gasteiger charge is -2.30. The summed E-state index contributed by atoms with van der Waals surface area (Å²) in [6.07, 6.45) is 0. The van der Waals surface area contributed by atoms with Crippen LogP contribution in [0.15, 0.2) is 42.5 Å². The molecule has 0 radical (unpaired) electrons. The van der Waals surface area contributed by atoms with Crippen LogP contribution < -0.4 is 10.6 Å². The van der Waals surface area contributed by atoms with E-state index in [1.807, 2.05) is 26.0 Å². The summed E-state index contributed by atoms with van der Waals surface area (Å²) < 4.78 is 0. The Morgan fingerprint density at radius 2 is 1.77 bits per heavy atom. The maximum absolute atomic E-state index is 6.37. The Balaban J connectivity index is 2.08. The minimum Gasteiger partial charge on any atom is -0.361 e. The molecule has 0 saturated carbocycles. The van der Waals surface area contributed by atoms with Crippen molar-refractivity contribution >= 4 is 34.6 Å². The summed E-state index contributed by atoms with van der Waals surface area (Å²) >= 11 is 11.9. The van der Waals surface area contributed by atoms with E-state index in [0.717, 1.165) is 36.4 Å². The van der Waals surface area contributed by atoms with E-state index in [-0.39, 0.29) is 6.04 Å². The molecule has 0 fully saturated rings. The summed E-state index contributed by atoms with van der Waals surface area (Å²) in [7, 11) is 0. The van der Waals surface area contributed by atoms with Gasteiger partial charge in [-0.05, 0) is 61.9 Å². The van der Waals surface area contributed by atoms with Crippen molar-refractivity contribution in [2.24, 2.45) is 0 Å². The number of hydrogen-bond donors (Lipinski definition) is 2. The van der Waals surface area contributed by atoms with Gasteiger partial charge in [-0.3, -0.25) is 4.90 Å². The van der Waals surface area contributed by atoms with E-state index >= 15 is 0 Å². The van der Waals surface area contributed by atoms with E-state index in [1.165, 1.54) is 5.56 Å². The van der Waals surface area contributed by atoms with Crippen LogP contribution in [0.1, 0.15) is 36.6 Å². The Labute approximate surface area is 167 Å². The van der Waals surface area contributed by atoms with E-state index in [1.54, 1.807) is 0 Å². The lowest BCUT2D eigenvalue weighted by Crippen LogP contribution is -2.39. The zero-order valence-electron chi connectivity index (χ0n) is 16.0. The van der Waals surface area contributed by atoms with Crippen LogP contribution in [0.2, 0.25) is 5.02 Å². The predicted molar refractivity (Wildman–Crippen MR) is 117 cm³/mol. The minimum atomic E-state index is 0.264. The minimum absolute atomic E-state index is 0.264. The average Bonchev–Trinajstić information content (AvgIpc) is 2.62. The fourth-order valence-corrected chi connectivity index (χ4v) is 3.77. The summed E-state index contributed by atoms with van der Waals surface area (Å²) in [6.45, 7) is 11.2. The third-order valence-electron chi connectivity index (χ3n) is 4.56. The molecule has 3 nitrogen and oxygen atoms in total. The van der Waals surface area contributed by atoms with Crippen molar-refractivity contribution in [2.45, 2.75) is 33.7 Å². The quantitative estimate of drug-likeness (QED) is 0.626. The van der Waals surface area contributed by atoms with Gasteiger partial charge in [0.05, 0.1) is 16.8 Å². The van der Waals surface area contributed by atoms with Gasteiger partial charge >= 0.3 is 0 Å². The van der Waals surface area contributed by atoms with Gasteiger partial charge in [-0.1, -0.05) is 61.8 Å². The number of halogens is 1. The lowest BCUT2D eigenvalue weighted by atomic mass is 10.1. The van der Waals surface area contributed by atoms with Crippen molar-refractivity contribution < 1.29 is 0 Å². The average molecular weight is 390 g/mol. The molecule has 0 unspecified atom stereocenters. The number of nitrogens with one attached hydrogen (secondary N) is 2. The van der Waals surface area contributed by atoms with Crippen molar-refractivity contribution in [3.8, 4) is 0 Å². The van der Waals surface area contributed by atoms with Gasteiger partial charge in [-0.15, -0.1) is 0 Å². The Morgan fingerprint density at radius 3 is 2.35 bits per heavy atom. The van der Waals surface area contributed by atoms with E-state index < -0.39 is 0 Å². The van der Waals surface area contributed by atoms with Crippen LogP contribution in [0.4, 0.5) is 5.69 Å². The van der Waals surface area contributed by atoms with Crippen LogP contribution in [-0.2, 0) is 0 Å².